The molecule has 6 nitrogen and oxygen atoms in total. The number of anilines is 2. The molecule has 0 fully saturated rings. The molecule has 0 radical (unpaired) electrons. The van der Waals surface area contributed by atoms with Crippen LogP contribution in [-0.4, -0.2) is 46.3 Å². The van der Waals surface area contributed by atoms with E-state index in [1.165, 1.54) is 5.56 Å². The van der Waals surface area contributed by atoms with Crippen molar-refractivity contribution in [2.75, 3.05) is 43.5 Å². The Morgan fingerprint density at radius 2 is 1.69 bits per heavy atom. The summed E-state index contributed by atoms with van der Waals surface area (Å²) in [5, 5.41) is 0. The number of likely N-dealkylation sites (N-methyl/N-ethyl adjacent to an activating group) is 1. The van der Waals surface area contributed by atoms with Crippen LogP contribution in [0.25, 0.3) is 0 Å². The lowest BCUT2D eigenvalue weighted by Crippen LogP contribution is -2.25. The van der Waals surface area contributed by atoms with Gasteiger partial charge in [-0.1, -0.05) is 12.1 Å². The minimum Gasteiger partial charge on any atom is -0.492 e. The van der Waals surface area contributed by atoms with Crippen molar-refractivity contribution in [2.45, 2.75) is 12.8 Å². The van der Waals surface area contributed by atoms with Crippen molar-refractivity contribution < 1.29 is 13.2 Å². The molecule has 0 aromatic heterocycles. The van der Waals surface area contributed by atoms with Crippen molar-refractivity contribution in [1.29, 1.82) is 0 Å². The normalized spacial score (nSPS) is 11.5. The van der Waals surface area contributed by atoms with E-state index in [0.717, 1.165) is 43.6 Å². The van der Waals surface area contributed by atoms with Gasteiger partial charge >= 0.3 is 0 Å². The molecule has 0 heterocycles. The van der Waals surface area contributed by atoms with E-state index in [-0.39, 0.29) is 0 Å². The van der Waals surface area contributed by atoms with Crippen LogP contribution >= 0.6 is 0 Å². The van der Waals surface area contributed by atoms with Gasteiger partial charge in [0.05, 0.1) is 6.26 Å². The maximum absolute atomic E-state index is 11.2. The van der Waals surface area contributed by atoms with Crippen molar-refractivity contribution in [3.63, 3.8) is 0 Å². The summed E-state index contributed by atoms with van der Waals surface area (Å²) in [4.78, 5) is 2.23. The predicted octanol–water partition coefficient (Wildman–Crippen LogP) is 2.58. The Balaban J connectivity index is 1.64. The maximum atomic E-state index is 11.2. The number of benzene rings is 2. The number of hydrogen-bond donors (Lipinski definition) is 2. The van der Waals surface area contributed by atoms with E-state index in [2.05, 4.69) is 28.8 Å². The lowest BCUT2D eigenvalue weighted by atomic mass is 10.1. The number of sulfonamides is 1. The van der Waals surface area contributed by atoms with E-state index in [4.69, 9.17) is 10.5 Å². The third kappa shape index (κ3) is 7.76. The molecule has 2 aromatic carbocycles. The number of nitrogen functional groups attached to an aromatic ring is 1. The van der Waals surface area contributed by atoms with E-state index in [1.54, 1.807) is 24.3 Å². The molecule has 0 aliphatic rings. The van der Waals surface area contributed by atoms with Gasteiger partial charge < -0.3 is 15.4 Å². The standard InChI is InChI=1S/C19H27N3O3S/c1-22(13-3-4-16-5-7-17(20)8-6-16)14-15-25-19-11-9-18(10-12-19)21-26(2,23)24/h5-12,21H,3-4,13-15,20H2,1-2H3. The summed E-state index contributed by atoms with van der Waals surface area (Å²) in [6.07, 6.45) is 3.23. The first-order valence-corrected chi connectivity index (χ1v) is 10.4. The van der Waals surface area contributed by atoms with Crippen LogP contribution in [0.15, 0.2) is 48.5 Å². The second-order valence-corrected chi connectivity index (χ2v) is 8.14. The highest BCUT2D eigenvalue weighted by atomic mass is 32.2. The smallest absolute Gasteiger partial charge is 0.229 e. The first-order chi connectivity index (χ1) is 12.3. The fourth-order valence-electron chi connectivity index (χ4n) is 2.50. The van der Waals surface area contributed by atoms with Gasteiger partial charge in [-0.3, -0.25) is 4.72 Å². The zero-order valence-electron chi connectivity index (χ0n) is 15.3. The van der Waals surface area contributed by atoms with Crippen LogP contribution in [0.5, 0.6) is 5.75 Å². The average Bonchev–Trinajstić information content (AvgIpc) is 2.57. The molecule has 0 amide bonds. The summed E-state index contributed by atoms with van der Waals surface area (Å²) in [6.45, 7) is 2.40. The van der Waals surface area contributed by atoms with Gasteiger partial charge in [0.1, 0.15) is 12.4 Å². The fraction of sp³-hybridized carbons (Fsp3) is 0.368. The Kier molecular flexibility index (Phi) is 7.29. The Morgan fingerprint density at radius 1 is 1.04 bits per heavy atom. The second-order valence-electron chi connectivity index (χ2n) is 6.40. The third-order valence-corrected chi connectivity index (χ3v) is 4.49. The minimum absolute atomic E-state index is 0.527. The molecule has 2 aromatic rings. The number of nitrogens with one attached hydrogen (secondary N) is 1. The molecule has 0 saturated carbocycles. The molecule has 0 saturated heterocycles. The van der Waals surface area contributed by atoms with Gasteiger partial charge in [0.15, 0.2) is 0 Å². The van der Waals surface area contributed by atoms with Crippen LogP contribution in [0.3, 0.4) is 0 Å². The van der Waals surface area contributed by atoms with Crippen LogP contribution in [0.4, 0.5) is 11.4 Å². The number of aryl methyl sites for hydroxylation is 1. The molecule has 0 aliphatic carbocycles. The molecule has 0 spiro atoms. The molecule has 0 bridgehead atoms. The number of hydrogen-bond acceptors (Lipinski definition) is 5. The molecule has 0 aliphatic heterocycles. The Bertz CT molecular complexity index is 775. The van der Waals surface area contributed by atoms with Gasteiger partial charge in [-0.2, -0.15) is 0 Å². The Morgan fingerprint density at radius 3 is 2.31 bits per heavy atom. The summed E-state index contributed by atoms with van der Waals surface area (Å²) in [7, 11) is -1.18. The lowest BCUT2D eigenvalue weighted by Gasteiger charge is -2.17. The molecule has 0 atom stereocenters. The lowest BCUT2D eigenvalue weighted by molar-refractivity contribution is 0.236. The highest BCUT2D eigenvalue weighted by molar-refractivity contribution is 7.92. The fourth-order valence-corrected chi connectivity index (χ4v) is 3.07. The molecule has 7 heteroatoms. The van der Waals surface area contributed by atoms with E-state index in [1.807, 2.05) is 12.1 Å². The first kappa shape index (κ1) is 20.1. The zero-order chi connectivity index (χ0) is 19.0. The molecule has 2 rings (SSSR count). The van der Waals surface area contributed by atoms with Crippen molar-refractivity contribution in [3.05, 3.63) is 54.1 Å². The third-order valence-electron chi connectivity index (χ3n) is 3.88. The van der Waals surface area contributed by atoms with E-state index >= 15 is 0 Å². The van der Waals surface area contributed by atoms with Gasteiger partial charge in [-0.25, -0.2) is 8.42 Å². The Labute approximate surface area is 156 Å². The zero-order valence-corrected chi connectivity index (χ0v) is 16.1. The minimum atomic E-state index is -3.25. The predicted molar refractivity (Wildman–Crippen MR) is 107 cm³/mol. The summed E-state index contributed by atoms with van der Waals surface area (Å²) >= 11 is 0. The molecule has 0 unspecified atom stereocenters. The molecule has 142 valence electrons. The number of nitrogens with two attached hydrogens (primary N) is 1. The monoisotopic (exact) mass is 377 g/mol. The summed E-state index contributed by atoms with van der Waals surface area (Å²) in [5.41, 5.74) is 8.31. The highest BCUT2D eigenvalue weighted by Crippen LogP contribution is 2.16. The maximum Gasteiger partial charge on any atom is 0.229 e. The van der Waals surface area contributed by atoms with Crippen molar-refractivity contribution in [3.8, 4) is 5.75 Å². The molecular formula is C19H27N3O3S. The van der Waals surface area contributed by atoms with Crippen molar-refractivity contribution in [1.82, 2.24) is 4.90 Å². The largest absolute Gasteiger partial charge is 0.492 e. The van der Waals surface area contributed by atoms with Crippen LogP contribution in [0.1, 0.15) is 12.0 Å². The second kappa shape index (κ2) is 9.45. The van der Waals surface area contributed by atoms with Gasteiger partial charge in [0.25, 0.3) is 0 Å². The highest BCUT2D eigenvalue weighted by Gasteiger charge is 2.03. The van der Waals surface area contributed by atoms with Gasteiger partial charge in [0, 0.05) is 17.9 Å². The van der Waals surface area contributed by atoms with Gasteiger partial charge in [-0.15, -0.1) is 0 Å². The number of rotatable bonds is 10. The molecule has 26 heavy (non-hydrogen) atoms. The summed E-state index contributed by atoms with van der Waals surface area (Å²) in [6, 6.07) is 14.9. The van der Waals surface area contributed by atoms with Crippen LogP contribution in [-0.2, 0) is 16.4 Å². The van der Waals surface area contributed by atoms with Crippen LogP contribution in [0, 0.1) is 0 Å². The Hall–Kier alpha value is -2.25. The van der Waals surface area contributed by atoms with Crippen molar-refractivity contribution >= 4 is 21.4 Å². The van der Waals surface area contributed by atoms with E-state index < -0.39 is 10.0 Å². The number of nitrogens with zero attached hydrogens (tertiary/aromatic N) is 1. The van der Waals surface area contributed by atoms with Gasteiger partial charge in [0.2, 0.25) is 10.0 Å². The molecular weight excluding hydrogens is 350 g/mol. The molecule has 3 N–H and O–H groups in total. The summed E-state index contributed by atoms with van der Waals surface area (Å²) in [5.74, 6) is 0.722. The van der Waals surface area contributed by atoms with Gasteiger partial charge in [-0.05, 0) is 68.4 Å². The van der Waals surface area contributed by atoms with E-state index in [0.29, 0.717) is 12.3 Å². The van der Waals surface area contributed by atoms with Crippen LogP contribution < -0.4 is 15.2 Å². The van der Waals surface area contributed by atoms with E-state index in [9.17, 15) is 8.42 Å². The quantitative estimate of drug-likeness (QED) is 0.622. The topological polar surface area (TPSA) is 84.7 Å². The first-order valence-electron chi connectivity index (χ1n) is 8.55. The summed E-state index contributed by atoms with van der Waals surface area (Å²) < 4.78 is 30.5. The SMILES string of the molecule is CN(CCCc1ccc(N)cc1)CCOc1ccc(NS(C)(=O)=O)cc1. The number of ether oxygens (including phenoxy) is 1. The average molecular weight is 378 g/mol. The van der Waals surface area contributed by atoms with Crippen molar-refractivity contribution in [2.24, 2.45) is 0 Å². The van der Waals surface area contributed by atoms with Crippen LogP contribution in [0.2, 0.25) is 0 Å².